The Morgan fingerprint density at radius 1 is 1.50 bits per heavy atom. The Hall–Kier alpha value is -1.09. The van der Waals surface area contributed by atoms with Crippen LogP contribution in [0.5, 0.6) is 5.75 Å². The van der Waals surface area contributed by atoms with E-state index in [9.17, 15) is 0 Å². The molecule has 1 aromatic rings. The number of pyridine rings is 1. The molecule has 0 aromatic carbocycles. The highest BCUT2D eigenvalue weighted by molar-refractivity contribution is 5.15. The van der Waals surface area contributed by atoms with Gasteiger partial charge in [-0.2, -0.15) is 0 Å². The van der Waals surface area contributed by atoms with Crippen LogP contribution in [0, 0.1) is 5.92 Å². The molecule has 0 N–H and O–H groups in total. The number of likely N-dealkylation sites (tertiary alicyclic amines) is 1. The molecule has 1 saturated carbocycles. The van der Waals surface area contributed by atoms with Gasteiger partial charge in [0.25, 0.3) is 0 Å². The second-order valence-corrected chi connectivity index (χ2v) is 4.96. The summed E-state index contributed by atoms with van der Waals surface area (Å²) in [5, 5.41) is 0. The fourth-order valence-corrected chi connectivity index (χ4v) is 3.18. The Balaban J connectivity index is 1.60. The largest absolute Gasteiger partial charge is 0.490 e. The third-order valence-electron chi connectivity index (χ3n) is 4.14. The van der Waals surface area contributed by atoms with Crippen LogP contribution in [0.3, 0.4) is 0 Å². The zero-order valence-corrected chi connectivity index (χ0v) is 9.67. The zero-order chi connectivity index (χ0) is 11.0. The SMILES string of the molecule is CN1C(COc2cccnc2)[C@H]2CC[C@@H]1C2. The van der Waals surface area contributed by atoms with Crippen LogP contribution in [0.1, 0.15) is 19.3 Å². The van der Waals surface area contributed by atoms with Gasteiger partial charge in [0.1, 0.15) is 12.4 Å². The van der Waals surface area contributed by atoms with Gasteiger partial charge in [0.05, 0.1) is 6.20 Å². The second-order valence-electron chi connectivity index (χ2n) is 4.96. The molecule has 2 aliphatic rings. The Labute approximate surface area is 96.4 Å². The molecule has 1 aliphatic carbocycles. The van der Waals surface area contributed by atoms with Crippen LogP contribution in [-0.4, -0.2) is 35.6 Å². The molecule has 2 heterocycles. The molecular formula is C13H18N2O. The fourth-order valence-electron chi connectivity index (χ4n) is 3.18. The van der Waals surface area contributed by atoms with Crippen molar-refractivity contribution in [2.24, 2.45) is 5.92 Å². The van der Waals surface area contributed by atoms with Crippen molar-refractivity contribution in [3.8, 4) is 5.75 Å². The van der Waals surface area contributed by atoms with Gasteiger partial charge in [0.15, 0.2) is 0 Å². The van der Waals surface area contributed by atoms with Crippen molar-refractivity contribution >= 4 is 0 Å². The molecule has 3 rings (SSSR count). The lowest BCUT2D eigenvalue weighted by Gasteiger charge is -2.31. The number of aromatic nitrogens is 1. The van der Waals surface area contributed by atoms with Crippen molar-refractivity contribution in [3.05, 3.63) is 24.5 Å². The standard InChI is InChI=1S/C13H18N2O/c1-15-11-5-4-10(7-11)13(15)9-16-12-3-2-6-14-8-12/h2-3,6,8,10-11,13H,4-5,7,9H2,1H3/t10-,11+,13?/m0/s1. The van der Waals surface area contributed by atoms with Crippen molar-refractivity contribution in [3.63, 3.8) is 0 Å². The monoisotopic (exact) mass is 218 g/mol. The molecule has 1 aromatic heterocycles. The molecule has 3 nitrogen and oxygen atoms in total. The number of nitrogens with zero attached hydrogens (tertiary/aromatic N) is 2. The van der Waals surface area contributed by atoms with Gasteiger partial charge in [-0.1, -0.05) is 0 Å². The minimum absolute atomic E-state index is 0.610. The number of hydrogen-bond acceptors (Lipinski definition) is 3. The lowest BCUT2D eigenvalue weighted by molar-refractivity contribution is 0.118. The molecule has 0 radical (unpaired) electrons. The Bertz CT molecular complexity index is 352. The Kier molecular flexibility index (Phi) is 2.56. The van der Waals surface area contributed by atoms with Gasteiger partial charge in [-0.25, -0.2) is 0 Å². The second kappa shape index (κ2) is 4.06. The van der Waals surface area contributed by atoms with Crippen LogP contribution >= 0.6 is 0 Å². The first-order chi connectivity index (χ1) is 7.84. The van der Waals surface area contributed by atoms with Crippen LogP contribution in [0.4, 0.5) is 0 Å². The lowest BCUT2D eigenvalue weighted by Crippen LogP contribution is -2.41. The number of likely N-dealkylation sites (N-methyl/N-ethyl adjacent to an activating group) is 1. The van der Waals surface area contributed by atoms with Crippen molar-refractivity contribution in [2.45, 2.75) is 31.3 Å². The van der Waals surface area contributed by atoms with Crippen LogP contribution in [-0.2, 0) is 0 Å². The van der Waals surface area contributed by atoms with E-state index in [-0.39, 0.29) is 0 Å². The number of piperidine rings is 1. The molecule has 2 bridgehead atoms. The van der Waals surface area contributed by atoms with Gasteiger partial charge >= 0.3 is 0 Å². The first-order valence-electron chi connectivity index (χ1n) is 6.09. The van der Waals surface area contributed by atoms with E-state index in [4.69, 9.17) is 4.74 Å². The Morgan fingerprint density at radius 3 is 3.12 bits per heavy atom. The quantitative estimate of drug-likeness (QED) is 0.775. The van der Waals surface area contributed by atoms with Gasteiger partial charge in [-0.15, -0.1) is 0 Å². The summed E-state index contributed by atoms with van der Waals surface area (Å²) in [6, 6.07) is 5.31. The zero-order valence-electron chi connectivity index (χ0n) is 9.67. The van der Waals surface area contributed by atoms with E-state index in [1.807, 2.05) is 12.1 Å². The molecule has 1 saturated heterocycles. The van der Waals surface area contributed by atoms with E-state index < -0.39 is 0 Å². The van der Waals surface area contributed by atoms with Crippen LogP contribution in [0.15, 0.2) is 24.5 Å². The summed E-state index contributed by atoms with van der Waals surface area (Å²) in [6.45, 7) is 0.809. The summed E-state index contributed by atoms with van der Waals surface area (Å²) in [4.78, 5) is 6.56. The molecule has 3 heteroatoms. The van der Waals surface area contributed by atoms with E-state index in [2.05, 4.69) is 16.9 Å². The average molecular weight is 218 g/mol. The molecule has 1 unspecified atom stereocenters. The minimum Gasteiger partial charge on any atom is -0.490 e. The van der Waals surface area contributed by atoms with Gasteiger partial charge in [-0.3, -0.25) is 9.88 Å². The fraction of sp³-hybridized carbons (Fsp3) is 0.615. The summed E-state index contributed by atoms with van der Waals surface area (Å²) in [7, 11) is 2.24. The van der Waals surface area contributed by atoms with Gasteiger partial charge in [0, 0.05) is 18.3 Å². The van der Waals surface area contributed by atoms with E-state index in [1.54, 1.807) is 12.4 Å². The van der Waals surface area contributed by atoms with E-state index in [1.165, 1.54) is 19.3 Å². The summed E-state index contributed by atoms with van der Waals surface area (Å²) in [5.74, 6) is 1.74. The number of ether oxygens (including phenoxy) is 1. The lowest BCUT2D eigenvalue weighted by atomic mass is 10.00. The van der Waals surface area contributed by atoms with Crippen molar-refractivity contribution in [2.75, 3.05) is 13.7 Å². The van der Waals surface area contributed by atoms with E-state index >= 15 is 0 Å². The summed E-state index contributed by atoms with van der Waals surface area (Å²) < 4.78 is 5.81. The maximum Gasteiger partial charge on any atom is 0.137 e. The number of hydrogen-bond donors (Lipinski definition) is 0. The van der Waals surface area contributed by atoms with Crippen LogP contribution < -0.4 is 4.74 Å². The van der Waals surface area contributed by atoms with Crippen molar-refractivity contribution in [1.82, 2.24) is 9.88 Å². The third-order valence-corrected chi connectivity index (χ3v) is 4.14. The molecule has 3 atom stereocenters. The van der Waals surface area contributed by atoms with Gasteiger partial charge in [0.2, 0.25) is 0 Å². The first-order valence-corrected chi connectivity index (χ1v) is 6.09. The first kappa shape index (κ1) is 10.1. The Morgan fingerprint density at radius 2 is 2.44 bits per heavy atom. The molecule has 0 spiro atoms. The van der Waals surface area contributed by atoms with Crippen LogP contribution in [0.25, 0.3) is 0 Å². The highest BCUT2D eigenvalue weighted by Gasteiger charge is 2.43. The van der Waals surface area contributed by atoms with E-state index in [0.717, 1.165) is 24.3 Å². The average Bonchev–Trinajstić information content (AvgIpc) is 2.89. The highest BCUT2D eigenvalue weighted by atomic mass is 16.5. The van der Waals surface area contributed by atoms with Crippen molar-refractivity contribution < 1.29 is 4.74 Å². The topological polar surface area (TPSA) is 25.4 Å². The molecule has 16 heavy (non-hydrogen) atoms. The number of rotatable bonds is 3. The van der Waals surface area contributed by atoms with Gasteiger partial charge in [-0.05, 0) is 44.4 Å². The minimum atomic E-state index is 0.610. The van der Waals surface area contributed by atoms with Gasteiger partial charge < -0.3 is 4.74 Å². The molecular weight excluding hydrogens is 200 g/mol. The normalized spacial score (nSPS) is 33.2. The summed E-state index contributed by atoms with van der Waals surface area (Å²) in [6.07, 6.45) is 7.70. The summed E-state index contributed by atoms with van der Waals surface area (Å²) >= 11 is 0. The molecule has 1 aliphatic heterocycles. The number of fused-ring (bicyclic) bond motifs is 2. The van der Waals surface area contributed by atoms with Crippen LogP contribution in [0.2, 0.25) is 0 Å². The van der Waals surface area contributed by atoms with E-state index in [0.29, 0.717) is 6.04 Å². The smallest absolute Gasteiger partial charge is 0.137 e. The maximum atomic E-state index is 5.81. The predicted molar refractivity (Wildman–Crippen MR) is 62.4 cm³/mol. The predicted octanol–water partition coefficient (Wildman–Crippen LogP) is 1.94. The molecule has 86 valence electrons. The molecule has 0 amide bonds. The highest BCUT2D eigenvalue weighted by Crippen LogP contribution is 2.41. The molecule has 2 fully saturated rings. The summed E-state index contributed by atoms with van der Waals surface area (Å²) in [5.41, 5.74) is 0. The third kappa shape index (κ3) is 1.69. The van der Waals surface area contributed by atoms with Crippen molar-refractivity contribution in [1.29, 1.82) is 0 Å². The maximum absolute atomic E-state index is 5.81.